The molecule has 608 valence electrons. The number of ether oxygens (including phenoxy) is 8. The standard InChI is InChI=1S/C13H16N2O2.C12H13N3O2.2C11H12F2N2O3.C10H11FN2O2.C10H14N4O.C9H9ClN2O2/c1-15-11-5-4-9(8-2-3-8)6-12(11)17-7-10(14)13(15)16;1-7-4-11-10(5-9(7)14-2)15(3)12(16)8(13)6-17-11;1-15-8-4-6(18-11(12)13)2-3-9(8)17-5-7(14)10(15)16;1-15-8-3-2-6(18-11(12)13)4-9(8)17-5-7(14)10(15)16;1-5-2-6(11)9-8(3-5)15-4-7(12)10(14)13-9;1-6-12-5-9-8(13-6)4-3-7(11)10(15)14(9)2;10-5-2-1-3-7-8(5)12-9(13)6(11)4-14-7/h4-6,8,10H,2-3,7,14H2,1H3;4-5,8H,6,13H2,1,3H3;2*2-4,7,11H,5,14H2,1H3;2-3,7H,4,12H2,1H3,(H,13,14);5,7H,3-4,11H2,1-2H3;1-3,6H,4,11H2,(H,12,13)/t10-;8-;4*7-;6-/m0000000/s1. The number of amides is 7. The van der Waals surface area contributed by atoms with Gasteiger partial charge in [-0.3, -0.25) is 33.6 Å². The summed E-state index contributed by atoms with van der Waals surface area (Å²) >= 11 is 5.89. The molecule has 0 spiro atoms. The zero-order chi connectivity index (χ0) is 83.3. The van der Waals surface area contributed by atoms with Gasteiger partial charge in [0, 0.05) is 47.4 Å². The average Bonchev–Trinajstić information content (AvgIpc) is 1.66. The predicted octanol–water partition coefficient (Wildman–Crippen LogP) is 6.23. The summed E-state index contributed by atoms with van der Waals surface area (Å²) in [6.07, 6.45) is 5.58. The van der Waals surface area contributed by atoms with Gasteiger partial charge in [0.25, 0.3) is 0 Å². The Bertz CT molecular complexity index is 4780. The number of fused-ring (bicyclic) bond motifs is 7. The van der Waals surface area contributed by atoms with Gasteiger partial charge in [0.2, 0.25) is 41.4 Å². The molecule has 6 aromatic carbocycles. The van der Waals surface area contributed by atoms with E-state index in [9.17, 15) is 55.5 Å². The van der Waals surface area contributed by atoms with Crippen molar-refractivity contribution in [1.82, 2.24) is 9.97 Å². The van der Waals surface area contributed by atoms with Crippen molar-refractivity contribution in [3.63, 3.8) is 0 Å². The Morgan fingerprint density at radius 1 is 0.491 bits per heavy atom. The second-order valence-electron chi connectivity index (χ2n) is 26.8. The fraction of sp³-hybridized carbons (Fsp3) is 0.368. The van der Waals surface area contributed by atoms with E-state index >= 15 is 0 Å². The molecule has 1 fully saturated rings. The molecule has 0 bridgehead atoms. The van der Waals surface area contributed by atoms with E-state index in [0.717, 1.165) is 46.2 Å². The van der Waals surface area contributed by atoms with E-state index in [0.29, 0.717) is 68.8 Å². The van der Waals surface area contributed by atoms with Crippen LogP contribution < -0.4 is 113 Å². The fourth-order valence-corrected chi connectivity index (χ4v) is 11.9. The maximum atomic E-state index is 13.5. The molecule has 7 aliphatic heterocycles. The highest BCUT2D eigenvalue weighted by Crippen LogP contribution is 2.44. The SMILES string of the molecule is CN1C(=O)[C@@H](N)COc2cc(C3CC3)ccc21.CN1C(=O)[C@@H](N)COc2cc(OC(F)F)ccc21.CN1C(=O)[C@@H](N)COc2ccc(OC(F)F)cc21.Cc1cc(F)c2c(c1)OC[C@H](N)C(=O)N2.Cc1ncc2c(n1)CC[C@H](N)C(=O)N2C.N[C@H]1COc2cccc(Cl)c2NC1=O.[C-]#[N+]c1cc2c(cc1C)OC[C@H](N)C(=O)N2C. The molecule has 7 amide bonds. The predicted molar refractivity (Wildman–Crippen MR) is 413 cm³/mol. The number of nitrogens with two attached hydrogens (primary N) is 7. The van der Waals surface area contributed by atoms with Gasteiger partial charge in [-0.05, 0) is 142 Å². The number of likely N-dealkylation sites (N-methyl/N-ethyl adjacent to an activating group) is 5. The number of benzene rings is 6. The van der Waals surface area contributed by atoms with E-state index in [-0.39, 0.29) is 98.0 Å². The van der Waals surface area contributed by atoms with Crippen molar-refractivity contribution in [3.05, 3.63) is 154 Å². The van der Waals surface area contributed by atoms with Gasteiger partial charge in [-0.25, -0.2) is 19.2 Å². The molecule has 0 saturated heterocycles. The van der Waals surface area contributed by atoms with Crippen LogP contribution in [-0.4, -0.2) is 182 Å². The number of halogens is 6. The Hall–Kier alpha value is -11.8. The number of alkyl halides is 4. The summed E-state index contributed by atoms with van der Waals surface area (Å²) in [4.78, 5) is 101. The first kappa shape index (κ1) is 86.2. The van der Waals surface area contributed by atoms with Crippen LogP contribution in [0.25, 0.3) is 4.85 Å². The Morgan fingerprint density at radius 2 is 0.939 bits per heavy atom. The first-order valence-corrected chi connectivity index (χ1v) is 35.7. The lowest BCUT2D eigenvalue weighted by atomic mass is 10.1. The van der Waals surface area contributed by atoms with E-state index in [2.05, 4.69) is 47.1 Å². The molecule has 0 radical (unpaired) electrons. The Labute approximate surface area is 656 Å². The van der Waals surface area contributed by atoms with Crippen molar-refractivity contribution >= 4 is 98.5 Å². The van der Waals surface area contributed by atoms with E-state index in [4.69, 9.17) is 86.7 Å². The highest BCUT2D eigenvalue weighted by molar-refractivity contribution is 6.34. The Kier molecular flexibility index (Phi) is 28.9. The maximum Gasteiger partial charge on any atom is 0.387 e. The van der Waals surface area contributed by atoms with Crippen molar-refractivity contribution < 1.29 is 93.4 Å². The van der Waals surface area contributed by atoms with Crippen LogP contribution in [0.3, 0.4) is 0 Å². The summed E-state index contributed by atoms with van der Waals surface area (Å²) in [6.45, 7) is 7.35. The number of aromatic nitrogens is 2. The molecule has 1 aromatic heterocycles. The van der Waals surface area contributed by atoms with Crippen LogP contribution in [0.15, 0.2) is 103 Å². The normalized spacial score (nSPS) is 20.4. The second kappa shape index (κ2) is 38.2. The summed E-state index contributed by atoms with van der Waals surface area (Å²) in [5.74, 6) is 2.06. The van der Waals surface area contributed by atoms with E-state index in [1.807, 2.05) is 19.9 Å². The molecule has 8 aliphatic rings. The van der Waals surface area contributed by atoms with Gasteiger partial charge < -0.3 is 113 Å². The van der Waals surface area contributed by atoms with E-state index in [1.165, 1.54) is 82.6 Å². The van der Waals surface area contributed by atoms with E-state index < -0.39 is 67.2 Å². The molecule has 7 aromatic rings. The number of carbonyl (C=O) groups excluding carboxylic acids is 7. The van der Waals surface area contributed by atoms with Crippen LogP contribution in [0.4, 0.5) is 67.5 Å². The number of aryl methyl sites for hydroxylation is 4. The fourth-order valence-electron chi connectivity index (χ4n) is 11.7. The number of nitrogens with one attached hydrogen (secondary N) is 2. The molecular formula is C76H87ClF5N17O15. The Balaban J connectivity index is 0.000000153. The summed E-state index contributed by atoms with van der Waals surface area (Å²) in [5.41, 5.74) is 47.2. The van der Waals surface area contributed by atoms with E-state index in [1.54, 1.807) is 87.5 Å². The minimum absolute atomic E-state index is 0.00565. The highest BCUT2D eigenvalue weighted by atomic mass is 35.5. The van der Waals surface area contributed by atoms with Crippen molar-refractivity contribution in [1.29, 1.82) is 0 Å². The van der Waals surface area contributed by atoms with Gasteiger partial charge >= 0.3 is 13.2 Å². The minimum atomic E-state index is -2.92. The number of anilines is 7. The molecule has 16 N–H and O–H groups in total. The molecule has 32 nitrogen and oxygen atoms in total. The molecule has 1 aliphatic carbocycles. The molecule has 0 unspecified atom stereocenters. The van der Waals surface area contributed by atoms with Crippen LogP contribution in [-0.2, 0) is 40.0 Å². The molecular weight excluding hydrogens is 1520 g/mol. The quantitative estimate of drug-likeness (QED) is 0.0681. The largest absolute Gasteiger partial charge is 0.489 e. The zero-order valence-electron chi connectivity index (χ0n) is 63.2. The number of rotatable bonds is 5. The Morgan fingerprint density at radius 3 is 1.48 bits per heavy atom. The molecule has 114 heavy (non-hydrogen) atoms. The minimum Gasteiger partial charge on any atom is -0.489 e. The van der Waals surface area contributed by atoms with Crippen LogP contribution >= 0.6 is 11.6 Å². The third-order valence-corrected chi connectivity index (χ3v) is 18.6. The van der Waals surface area contributed by atoms with Crippen LogP contribution in [0, 0.1) is 33.2 Å². The number of carbonyl (C=O) groups is 7. The van der Waals surface area contributed by atoms with Gasteiger partial charge in [-0.2, -0.15) is 17.6 Å². The zero-order valence-corrected chi connectivity index (χ0v) is 63.9. The van der Waals surface area contributed by atoms with Gasteiger partial charge in [-0.1, -0.05) is 23.7 Å². The summed E-state index contributed by atoms with van der Waals surface area (Å²) in [6, 6.07) is 21.3. The summed E-state index contributed by atoms with van der Waals surface area (Å²) < 4.78 is 103. The third kappa shape index (κ3) is 21.5. The lowest BCUT2D eigenvalue weighted by molar-refractivity contribution is -0.120. The van der Waals surface area contributed by atoms with Crippen molar-refractivity contribution in [2.45, 2.75) is 108 Å². The number of para-hydroxylation sites is 1. The summed E-state index contributed by atoms with van der Waals surface area (Å²) in [5, 5.41) is 5.47. The van der Waals surface area contributed by atoms with Crippen LogP contribution in [0.2, 0.25) is 5.02 Å². The first-order valence-electron chi connectivity index (χ1n) is 35.3. The van der Waals surface area contributed by atoms with Crippen LogP contribution in [0.1, 0.15) is 53.4 Å². The highest BCUT2D eigenvalue weighted by Gasteiger charge is 2.34. The van der Waals surface area contributed by atoms with Crippen molar-refractivity contribution in [2.75, 3.05) is 110 Å². The molecule has 7 atom stereocenters. The van der Waals surface area contributed by atoms with Gasteiger partial charge in [0.15, 0.2) is 11.5 Å². The topological polar surface area (TPSA) is 446 Å². The van der Waals surface area contributed by atoms with Crippen molar-refractivity contribution in [3.8, 4) is 46.0 Å². The number of hydrogen-bond donors (Lipinski definition) is 9. The van der Waals surface area contributed by atoms with Gasteiger partial charge in [0.1, 0.15) is 139 Å². The first-order chi connectivity index (χ1) is 54.0. The summed E-state index contributed by atoms with van der Waals surface area (Å²) in [7, 11) is 8.14. The number of hydrogen-bond acceptors (Lipinski definition) is 24. The lowest BCUT2D eigenvalue weighted by Crippen LogP contribution is -2.43. The molecule has 38 heteroatoms. The molecule has 1 saturated carbocycles. The molecule has 15 rings (SSSR count). The maximum absolute atomic E-state index is 13.5. The smallest absolute Gasteiger partial charge is 0.387 e. The second-order valence-corrected chi connectivity index (χ2v) is 27.2. The molecule has 8 heterocycles. The van der Waals surface area contributed by atoms with Gasteiger partial charge in [-0.15, -0.1) is 0 Å². The average molecular weight is 1610 g/mol. The third-order valence-electron chi connectivity index (χ3n) is 18.3. The van der Waals surface area contributed by atoms with Crippen molar-refractivity contribution in [2.24, 2.45) is 40.1 Å². The lowest BCUT2D eigenvalue weighted by Gasteiger charge is -2.18. The van der Waals surface area contributed by atoms with Gasteiger partial charge in [0.05, 0.1) is 58.0 Å². The number of nitrogens with zero attached hydrogens (tertiary/aromatic N) is 8. The van der Waals surface area contributed by atoms with Crippen LogP contribution in [0.5, 0.6) is 46.0 Å². The monoisotopic (exact) mass is 1610 g/mol.